The summed E-state index contributed by atoms with van der Waals surface area (Å²) in [6, 6.07) is 12.6. The quantitative estimate of drug-likeness (QED) is 0.552. The molecule has 3 rings (SSSR count). The monoisotopic (exact) mass is 402 g/mol. The van der Waals surface area contributed by atoms with Crippen LogP contribution in [-0.2, 0) is 14.4 Å². The van der Waals surface area contributed by atoms with Crippen molar-refractivity contribution in [2.45, 2.75) is 11.8 Å². The molecule has 0 aliphatic carbocycles. The molecule has 1 fully saturated rings. The predicted molar refractivity (Wildman–Crippen MR) is 101 cm³/mol. The number of nitriles is 1. The average molecular weight is 402 g/mol. The van der Waals surface area contributed by atoms with Crippen molar-refractivity contribution in [3.63, 3.8) is 0 Å². The van der Waals surface area contributed by atoms with E-state index < -0.39 is 15.0 Å². The molecule has 0 radical (unpaired) electrons. The van der Waals surface area contributed by atoms with E-state index in [1.807, 2.05) is 11.8 Å². The third kappa shape index (κ3) is 4.28. The van der Waals surface area contributed by atoms with Gasteiger partial charge in [-0.3, -0.25) is 10.1 Å². The van der Waals surface area contributed by atoms with Crippen LogP contribution in [0.3, 0.4) is 0 Å². The molecule has 2 aromatic rings. The number of aryl methyl sites for hydroxylation is 1. The van der Waals surface area contributed by atoms with Gasteiger partial charge in [-0.05, 0) is 31.2 Å². The van der Waals surface area contributed by atoms with Gasteiger partial charge in [0.1, 0.15) is 11.6 Å². The fourth-order valence-electron chi connectivity index (χ4n) is 2.87. The summed E-state index contributed by atoms with van der Waals surface area (Å²) in [7, 11) is -3.90. The molecule has 1 saturated heterocycles. The number of benzene rings is 2. The van der Waals surface area contributed by atoms with Crippen LogP contribution in [-0.4, -0.2) is 44.6 Å². The number of hydroxylamine groups is 2. The Kier molecular flexibility index (Phi) is 5.60. The van der Waals surface area contributed by atoms with Crippen LogP contribution in [0, 0.1) is 28.4 Å². The number of piperazine rings is 1. The summed E-state index contributed by atoms with van der Waals surface area (Å²) in [5.74, 6) is 0. The average Bonchev–Trinajstić information content (AvgIpc) is 2.68. The first kappa shape index (κ1) is 19.8. The molecule has 1 heterocycles. The number of anilines is 1. The van der Waals surface area contributed by atoms with Crippen LogP contribution in [0.4, 0.5) is 11.4 Å². The highest BCUT2D eigenvalue weighted by Gasteiger charge is 2.25. The van der Waals surface area contributed by atoms with E-state index in [4.69, 9.17) is 9.55 Å². The van der Waals surface area contributed by atoms with Gasteiger partial charge in [-0.1, -0.05) is 17.7 Å². The van der Waals surface area contributed by atoms with Crippen molar-refractivity contribution in [2.75, 3.05) is 31.1 Å². The fraction of sp³-hybridized carbons (Fsp3) is 0.278. The minimum Gasteiger partial charge on any atom is -0.369 e. The minimum absolute atomic E-state index is 0.0000828. The molecule has 0 aromatic heterocycles. The molecule has 0 saturated carbocycles. The molecule has 146 valence electrons. The summed E-state index contributed by atoms with van der Waals surface area (Å²) in [4.78, 5) is 12.5. The summed E-state index contributed by atoms with van der Waals surface area (Å²) in [5, 5.41) is 21.5. The SMILES string of the molecule is Cc1ccc(S(=O)(=O)ON2CCN(c3ccc(C#N)c([N+](=O)[O-])c3)CC2)cc1. The van der Waals surface area contributed by atoms with E-state index in [-0.39, 0.29) is 16.1 Å². The number of hydrogen-bond donors (Lipinski definition) is 0. The largest absolute Gasteiger partial charge is 0.369 e. The summed E-state index contributed by atoms with van der Waals surface area (Å²) in [6.45, 7) is 3.32. The molecular formula is C18H18N4O5S. The van der Waals surface area contributed by atoms with Gasteiger partial charge in [-0.15, -0.1) is 0 Å². The van der Waals surface area contributed by atoms with E-state index in [2.05, 4.69) is 0 Å². The Balaban J connectivity index is 1.66. The Labute approximate surface area is 162 Å². The van der Waals surface area contributed by atoms with Crippen LogP contribution in [0.1, 0.15) is 11.1 Å². The van der Waals surface area contributed by atoms with Gasteiger partial charge in [0.2, 0.25) is 0 Å². The van der Waals surface area contributed by atoms with Crippen LogP contribution in [0.2, 0.25) is 0 Å². The minimum atomic E-state index is -3.90. The van der Waals surface area contributed by atoms with E-state index >= 15 is 0 Å². The van der Waals surface area contributed by atoms with E-state index in [0.717, 1.165) is 5.56 Å². The first-order valence-electron chi connectivity index (χ1n) is 8.50. The lowest BCUT2D eigenvalue weighted by molar-refractivity contribution is -0.385. The molecular weight excluding hydrogens is 384 g/mol. The maximum Gasteiger partial charge on any atom is 0.313 e. The molecule has 0 spiro atoms. The Hall–Kier alpha value is -3.00. The van der Waals surface area contributed by atoms with Crippen LogP contribution in [0.15, 0.2) is 47.4 Å². The van der Waals surface area contributed by atoms with Gasteiger partial charge in [0.25, 0.3) is 5.69 Å². The zero-order chi connectivity index (χ0) is 20.3. The van der Waals surface area contributed by atoms with Crippen LogP contribution < -0.4 is 4.90 Å². The molecule has 1 aliphatic heterocycles. The highest BCUT2D eigenvalue weighted by Crippen LogP contribution is 2.26. The summed E-state index contributed by atoms with van der Waals surface area (Å²) in [5.41, 5.74) is 1.30. The standard InChI is InChI=1S/C18H18N4O5S/c1-14-2-6-17(7-3-14)28(25,26)27-21-10-8-20(9-11-21)16-5-4-15(13-19)18(12-16)22(23)24/h2-7,12H,8-11H2,1H3. The van der Waals surface area contributed by atoms with Gasteiger partial charge in [0.15, 0.2) is 0 Å². The van der Waals surface area contributed by atoms with E-state index in [1.165, 1.54) is 29.3 Å². The molecule has 9 nitrogen and oxygen atoms in total. The van der Waals surface area contributed by atoms with Crippen LogP contribution >= 0.6 is 0 Å². The Bertz CT molecular complexity index is 1020. The molecule has 0 atom stereocenters. The summed E-state index contributed by atoms with van der Waals surface area (Å²) in [6.07, 6.45) is 0. The zero-order valence-corrected chi connectivity index (χ0v) is 15.9. The topological polar surface area (TPSA) is 117 Å². The lowest BCUT2D eigenvalue weighted by Crippen LogP contribution is -2.47. The second-order valence-electron chi connectivity index (χ2n) is 6.33. The first-order chi connectivity index (χ1) is 13.3. The van der Waals surface area contributed by atoms with E-state index in [0.29, 0.717) is 31.9 Å². The number of nitro benzene ring substituents is 1. The Morgan fingerprint density at radius 1 is 1.11 bits per heavy atom. The molecule has 0 unspecified atom stereocenters. The van der Waals surface area contributed by atoms with E-state index in [9.17, 15) is 18.5 Å². The highest BCUT2D eigenvalue weighted by atomic mass is 32.2. The van der Waals surface area contributed by atoms with Crippen molar-refractivity contribution >= 4 is 21.5 Å². The van der Waals surface area contributed by atoms with Crippen molar-refractivity contribution in [3.8, 4) is 6.07 Å². The van der Waals surface area contributed by atoms with E-state index in [1.54, 1.807) is 24.3 Å². The third-order valence-electron chi connectivity index (χ3n) is 4.42. The first-order valence-corrected chi connectivity index (χ1v) is 9.91. The summed E-state index contributed by atoms with van der Waals surface area (Å²) < 4.78 is 30.0. The molecule has 2 aromatic carbocycles. The van der Waals surface area contributed by atoms with Crippen molar-refractivity contribution < 1.29 is 17.6 Å². The lowest BCUT2D eigenvalue weighted by Gasteiger charge is -2.34. The molecule has 1 aliphatic rings. The Morgan fingerprint density at radius 3 is 2.32 bits per heavy atom. The van der Waals surface area contributed by atoms with Crippen LogP contribution in [0.25, 0.3) is 0 Å². The number of hydrogen-bond acceptors (Lipinski definition) is 8. The van der Waals surface area contributed by atoms with Gasteiger partial charge in [0, 0.05) is 37.9 Å². The normalized spacial score (nSPS) is 15.2. The second kappa shape index (κ2) is 7.93. The molecule has 0 N–H and O–H groups in total. The van der Waals surface area contributed by atoms with Crippen molar-refractivity contribution in [1.29, 1.82) is 5.26 Å². The molecule has 0 amide bonds. The van der Waals surface area contributed by atoms with Crippen LogP contribution in [0.5, 0.6) is 0 Å². The molecule has 10 heteroatoms. The van der Waals surface area contributed by atoms with Crippen molar-refractivity contribution in [1.82, 2.24) is 5.06 Å². The maximum atomic E-state index is 12.4. The number of nitrogens with zero attached hydrogens (tertiary/aromatic N) is 4. The lowest BCUT2D eigenvalue weighted by atomic mass is 10.1. The molecule has 0 bridgehead atoms. The fourth-order valence-corrected chi connectivity index (χ4v) is 3.85. The van der Waals surface area contributed by atoms with Gasteiger partial charge in [-0.2, -0.15) is 23.0 Å². The van der Waals surface area contributed by atoms with Crippen molar-refractivity contribution in [2.24, 2.45) is 0 Å². The number of rotatable bonds is 5. The predicted octanol–water partition coefficient (Wildman–Crippen LogP) is 2.22. The van der Waals surface area contributed by atoms with Gasteiger partial charge in [-0.25, -0.2) is 0 Å². The van der Waals surface area contributed by atoms with Crippen molar-refractivity contribution in [3.05, 3.63) is 63.7 Å². The third-order valence-corrected chi connectivity index (χ3v) is 5.67. The summed E-state index contributed by atoms with van der Waals surface area (Å²) >= 11 is 0. The zero-order valence-electron chi connectivity index (χ0n) is 15.1. The molecule has 28 heavy (non-hydrogen) atoms. The van der Waals surface area contributed by atoms with Gasteiger partial charge >= 0.3 is 10.1 Å². The van der Waals surface area contributed by atoms with Gasteiger partial charge in [0.05, 0.1) is 9.82 Å². The second-order valence-corrected chi connectivity index (χ2v) is 7.86. The maximum absolute atomic E-state index is 12.4. The smallest absolute Gasteiger partial charge is 0.313 e. The Morgan fingerprint density at radius 2 is 1.75 bits per heavy atom. The highest BCUT2D eigenvalue weighted by molar-refractivity contribution is 7.86. The number of nitro groups is 1. The van der Waals surface area contributed by atoms with Gasteiger partial charge < -0.3 is 4.90 Å².